The second kappa shape index (κ2) is 7.31. The Hall–Kier alpha value is -1.52. The first-order chi connectivity index (χ1) is 9.43. The maximum atomic E-state index is 12.2. The fraction of sp³-hybridized carbons (Fsp3) is 0.733. The van der Waals surface area contributed by atoms with Gasteiger partial charge in [-0.25, -0.2) is 4.79 Å². The van der Waals surface area contributed by atoms with Crippen molar-refractivity contribution in [3.05, 3.63) is 12.7 Å². The molecule has 0 radical (unpaired) electrons. The predicted molar refractivity (Wildman–Crippen MR) is 78.6 cm³/mol. The summed E-state index contributed by atoms with van der Waals surface area (Å²) in [5, 5.41) is 12.3. The van der Waals surface area contributed by atoms with Crippen LogP contribution in [0.2, 0.25) is 0 Å². The molecule has 0 bridgehead atoms. The number of hydrogen-bond donors (Lipinski definition) is 2. The molecular weight excluding hydrogens is 256 g/mol. The van der Waals surface area contributed by atoms with E-state index in [0.717, 1.165) is 19.3 Å². The van der Waals surface area contributed by atoms with E-state index in [1.807, 2.05) is 13.8 Å². The van der Waals surface area contributed by atoms with Gasteiger partial charge in [-0.15, -0.1) is 6.58 Å². The lowest BCUT2D eigenvalue weighted by atomic mass is 9.74. The second-order valence-corrected chi connectivity index (χ2v) is 5.84. The second-order valence-electron chi connectivity index (χ2n) is 5.84. The fourth-order valence-corrected chi connectivity index (χ4v) is 2.71. The van der Waals surface area contributed by atoms with Crippen LogP contribution < -0.4 is 5.32 Å². The van der Waals surface area contributed by atoms with E-state index in [1.54, 1.807) is 11.0 Å². The molecule has 5 nitrogen and oxygen atoms in total. The third-order valence-corrected chi connectivity index (χ3v) is 4.05. The van der Waals surface area contributed by atoms with Crippen molar-refractivity contribution >= 4 is 12.0 Å². The number of nitrogens with zero attached hydrogens (tertiary/aromatic N) is 1. The van der Waals surface area contributed by atoms with E-state index in [4.69, 9.17) is 0 Å². The van der Waals surface area contributed by atoms with Crippen LogP contribution in [-0.4, -0.2) is 41.1 Å². The predicted octanol–water partition coefficient (Wildman–Crippen LogP) is 2.63. The smallest absolute Gasteiger partial charge is 0.317 e. The maximum absolute atomic E-state index is 12.2. The highest BCUT2D eigenvalue weighted by Crippen LogP contribution is 2.36. The normalized spacial score (nSPS) is 17.6. The Morgan fingerprint density at radius 2 is 1.95 bits per heavy atom. The van der Waals surface area contributed by atoms with Gasteiger partial charge >= 0.3 is 12.0 Å². The van der Waals surface area contributed by atoms with Gasteiger partial charge in [-0.05, 0) is 26.7 Å². The highest BCUT2D eigenvalue weighted by atomic mass is 16.4. The van der Waals surface area contributed by atoms with Crippen LogP contribution in [-0.2, 0) is 4.79 Å². The van der Waals surface area contributed by atoms with Gasteiger partial charge in [0.05, 0.1) is 5.41 Å². The Morgan fingerprint density at radius 3 is 2.40 bits per heavy atom. The van der Waals surface area contributed by atoms with Crippen molar-refractivity contribution in [2.45, 2.75) is 52.0 Å². The van der Waals surface area contributed by atoms with Gasteiger partial charge in [0.2, 0.25) is 0 Å². The van der Waals surface area contributed by atoms with Crippen LogP contribution in [0.4, 0.5) is 4.79 Å². The first kappa shape index (κ1) is 16.5. The van der Waals surface area contributed by atoms with Crippen molar-refractivity contribution < 1.29 is 14.7 Å². The minimum Gasteiger partial charge on any atom is -0.481 e. The van der Waals surface area contributed by atoms with Crippen LogP contribution in [0.3, 0.4) is 0 Å². The largest absolute Gasteiger partial charge is 0.481 e. The van der Waals surface area contributed by atoms with Crippen LogP contribution in [0.1, 0.15) is 46.0 Å². The van der Waals surface area contributed by atoms with E-state index in [2.05, 4.69) is 11.9 Å². The fourth-order valence-electron chi connectivity index (χ4n) is 2.71. The summed E-state index contributed by atoms with van der Waals surface area (Å²) < 4.78 is 0. The topological polar surface area (TPSA) is 69.6 Å². The van der Waals surface area contributed by atoms with E-state index in [1.165, 1.54) is 0 Å². The molecule has 1 rings (SSSR count). The van der Waals surface area contributed by atoms with Crippen molar-refractivity contribution in [1.29, 1.82) is 0 Å². The summed E-state index contributed by atoms with van der Waals surface area (Å²) in [5.74, 6) is -0.794. The van der Waals surface area contributed by atoms with Gasteiger partial charge in [0.15, 0.2) is 0 Å². The van der Waals surface area contributed by atoms with Crippen molar-refractivity contribution in [3.63, 3.8) is 0 Å². The number of nitrogens with one attached hydrogen (secondary N) is 1. The lowest BCUT2D eigenvalue weighted by Gasteiger charge is -2.34. The molecule has 1 fully saturated rings. The number of amides is 2. The van der Waals surface area contributed by atoms with Crippen LogP contribution >= 0.6 is 0 Å². The molecule has 0 aromatic heterocycles. The number of carboxylic acids is 1. The van der Waals surface area contributed by atoms with Crippen molar-refractivity contribution in [2.24, 2.45) is 5.41 Å². The molecule has 1 saturated carbocycles. The maximum Gasteiger partial charge on any atom is 0.317 e. The van der Waals surface area contributed by atoms with Crippen molar-refractivity contribution in [2.75, 3.05) is 13.1 Å². The minimum absolute atomic E-state index is 0.0557. The third kappa shape index (κ3) is 3.99. The van der Waals surface area contributed by atoms with Crippen LogP contribution in [0.25, 0.3) is 0 Å². The average molecular weight is 282 g/mol. The summed E-state index contributed by atoms with van der Waals surface area (Å²) in [4.78, 5) is 25.3. The number of carbonyl (C=O) groups excluding carboxylic acids is 1. The minimum atomic E-state index is -0.794. The molecule has 0 aromatic carbocycles. The quantitative estimate of drug-likeness (QED) is 0.736. The first-order valence-electron chi connectivity index (χ1n) is 7.32. The number of carboxylic acid groups (broad SMARTS) is 1. The summed E-state index contributed by atoms with van der Waals surface area (Å²) in [6.07, 6.45) is 5.88. The Bertz CT molecular complexity index is 360. The molecule has 1 aliphatic rings. The summed E-state index contributed by atoms with van der Waals surface area (Å²) in [5.41, 5.74) is -0.787. The van der Waals surface area contributed by atoms with Crippen LogP contribution in [0, 0.1) is 5.41 Å². The van der Waals surface area contributed by atoms with Crippen molar-refractivity contribution in [1.82, 2.24) is 10.2 Å². The molecule has 0 unspecified atom stereocenters. The SMILES string of the molecule is C=CCN(C(=O)NCC1(C(=O)O)CCCCC1)C(C)C. The number of rotatable bonds is 6. The monoisotopic (exact) mass is 282 g/mol. The van der Waals surface area contributed by atoms with Gasteiger partial charge in [-0.2, -0.15) is 0 Å². The number of urea groups is 1. The average Bonchev–Trinajstić information content (AvgIpc) is 2.42. The summed E-state index contributed by atoms with van der Waals surface area (Å²) in [6, 6.07) is -0.161. The van der Waals surface area contributed by atoms with Crippen molar-refractivity contribution in [3.8, 4) is 0 Å². The molecule has 0 saturated heterocycles. The standard InChI is InChI=1S/C15H26N2O3/c1-4-10-17(12(2)3)14(20)16-11-15(13(18)19)8-6-5-7-9-15/h4,12H,1,5-11H2,2-3H3,(H,16,20)(H,18,19). The molecule has 0 atom stereocenters. The van der Waals surface area contributed by atoms with E-state index >= 15 is 0 Å². The molecule has 0 aromatic rings. The molecule has 0 aliphatic heterocycles. The van der Waals surface area contributed by atoms with Gasteiger partial charge in [-0.1, -0.05) is 25.3 Å². The molecule has 5 heteroatoms. The number of hydrogen-bond acceptors (Lipinski definition) is 2. The molecule has 2 amide bonds. The molecule has 0 heterocycles. The number of carbonyl (C=O) groups is 2. The van der Waals surface area contributed by atoms with E-state index in [9.17, 15) is 14.7 Å². The first-order valence-corrected chi connectivity index (χ1v) is 7.32. The molecule has 1 aliphatic carbocycles. The third-order valence-electron chi connectivity index (χ3n) is 4.05. The van der Waals surface area contributed by atoms with Gasteiger partial charge < -0.3 is 15.3 Å². The summed E-state index contributed by atoms with van der Waals surface area (Å²) >= 11 is 0. The van der Waals surface area contributed by atoms with Gasteiger partial charge in [0.1, 0.15) is 0 Å². The summed E-state index contributed by atoms with van der Waals surface area (Å²) in [7, 11) is 0. The van der Waals surface area contributed by atoms with Crippen LogP contribution in [0.15, 0.2) is 12.7 Å². The molecule has 0 spiro atoms. The van der Waals surface area contributed by atoms with E-state index in [-0.39, 0.29) is 18.6 Å². The van der Waals surface area contributed by atoms with E-state index in [0.29, 0.717) is 19.4 Å². The molecule has 20 heavy (non-hydrogen) atoms. The van der Waals surface area contributed by atoms with Gasteiger partial charge in [0, 0.05) is 19.1 Å². The zero-order chi connectivity index (χ0) is 15.2. The molecule has 2 N–H and O–H groups in total. The molecular formula is C15H26N2O3. The highest BCUT2D eigenvalue weighted by Gasteiger charge is 2.40. The summed E-state index contributed by atoms with van der Waals surface area (Å²) in [6.45, 7) is 8.17. The Kier molecular flexibility index (Phi) is 6.05. The lowest BCUT2D eigenvalue weighted by Crippen LogP contribution is -2.50. The van der Waals surface area contributed by atoms with Crippen LogP contribution in [0.5, 0.6) is 0 Å². The Labute approximate surface area is 121 Å². The molecule has 114 valence electrons. The Balaban J connectivity index is 2.64. The zero-order valence-electron chi connectivity index (χ0n) is 12.5. The highest BCUT2D eigenvalue weighted by molar-refractivity contribution is 5.78. The van der Waals surface area contributed by atoms with Gasteiger partial charge in [0.25, 0.3) is 0 Å². The van der Waals surface area contributed by atoms with E-state index < -0.39 is 11.4 Å². The lowest BCUT2D eigenvalue weighted by molar-refractivity contribution is -0.150. The number of aliphatic carboxylic acids is 1. The Morgan fingerprint density at radius 1 is 1.35 bits per heavy atom. The van der Waals surface area contributed by atoms with Gasteiger partial charge in [-0.3, -0.25) is 4.79 Å². The zero-order valence-corrected chi connectivity index (χ0v) is 12.5.